The summed E-state index contributed by atoms with van der Waals surface area (Å²) in [6, 6.07) is 5.97. The van der Waals surface area contributed by atoms with Crippen LogP contribution in [0.4, 0.5) is 22.2 Å². The molecule has 13 heteroatoms. The molecule has 1 amide bonds. The molecule has 2 heterocycles. The van der Waals surface area contributed by atoms with E-state index in [0.29, 0.717) is 37.9 Å². The summed E-state index contributed by atoms with van der Waals surface area (Å²) in [4.78, 5) is 38.1. The van der Waals surface area contributed by atoms with E-state index >= 15 is 0 Å². The Bertz CT molecular complexity index is 1270. The Morgan fingerprint density at radius 3 is 2.27 bits per heavy atom. The van der Waals surface area contributed by atoms with Crippen LogP contribution in [0.15, 0.2) is 30.5 Å². The van der Waals surface area contributed by atoms with E-state index in [1.54, 1.807) is 49.9 Å². The first-order chi connectivity index (χ1) is 18.8. The molecule has 1 aromatic heterocycles. The van der Waals surface area contributed by atoms with E-state index in [0.717, 1.165) is 24.7 Å². The van der Waals surface area contributed by atoms with Crippen molar-refractivity contribution in [2.24, 2.45) is 0 Å². The number of amides is 1. The van der Waals surface area contributed by atoms with Crippen molar-refractivity contribution in [3.05, 3.63) is 36.0 Å². The van der Waals surface area contributed by atoms with Crippen molar-refractivity contribution in [1.29, 1.82) is 0 Å². The van der Waals surface area contributed by atoms with Crippen LogP contribution in [0.2, 0.25) is 0 Å². The van der Waals surface area contributed by atoms with Gasteiger partial charge in [0.2, 0.25) is 16.0 Å². The van der Waals surface area contributed by atoms with E-state index in [2.05, 4.69) is 20.0 Å². The Labute approximate surface area is 236 Å². The molecule has 1 aliphatic rings. The van der Waals surface area contributed by atoms with Gasteiger partial charge in [0.05, 0.1) is 12.5 Å². The van der Waals surface area contributed by atoms with Gasteiger partial charge < -0.3 is 24.6 Å². The van der Waals surface area contributed by atoms with Crippen molar-refractivity contribution in [3.8, 4) is 5.75 Å². The Balaban J connectivity index is 1.88. The number of anilines is 3. The SMILES string of the molecule is CCN(CC)c1ncc(NS(C)(=O)=O)c(NC(Cc2ccc(OC(=O)N3CCCC3)cc2)C(=O)OC(C)(C)C)n1. The number of nitrogens with one attached hydrogen (secondary N) is 2. The molecule has 0 saturated carbocycles. The molecule has 1 atom stereocenters. The van der Waals surface area contributed by atoms with E-state index in [1.165, 1.54) is 6.20 Å². The number of rotatable bonds is 11. The summed E-state index contributed by atoms with van der Waals surface area (Å²) < 4.78 is 37.6. The second kappa shape index (κ2) is 13.2. The van der Waals surface area contributed by atoms with Crippen molar-refractivity contribution in [2.75, 3.05) is 47.4 Å². The summed E-state index contributed by atoms with van der Waals surface area (Å²) in [6.45, 7) is 11.9. The maximum absolute atomic E-state index is 13.3. The van der Waals surface area contributed by atoms with Crippen LogP contribution in [0.25, 0.3) is 0 Å². The van der Waals surface area contributed by atoms with Crippen molar-refractivity contribution < 1.29 is 27.5 Å². The maximum atomic E-state index is 13.3. The first kappa shape index (κ1) is 30.9. The molecule has 0 spiro atoms. The fourth-order valence-corrected chi connectivity index (χ4v) is 4.69. The fourth-order valence-electron chi connectivity index (χ4n) is 4.14. The predicted octanol–water partition coefficient (Wildman–Crippen LogP) is 3.65. The fraction of sp³-hybridized carbons (Fsp3) is 0.556. The summed E-state index contributed by atoms with van der Waals surface area (Å²) >= 11 is 0. The average molecular weight is 577 g/mol. The van der Waals surface area contributed by atoms with Gasteiger partial charge in [-0.2, -0.15) is 4.98 Å². The number of benzene rings is 1. The second-order valence-electron chi connectivity index (χ2n) is 10.6. The average Bonchev–Trinajstić information content (AvgIpc) is 3.40. The number of esters is 1. The molecule has 1 fully saturated rings. The lowest BCUT2D eigenvalue weighted by Gasteiger charge is -2.26. The van der Waals surface area contributed by atoms with Gasteiger partial charge in [-0.3, -0.25) is 4.72 Å². The minimum Gasteiger partial charge on any atom is -0.458 e. The smallest absolute Gasteiger partial charge is 0.415 e. The van der Waals surface area contributed by atoms with E-state index in [4.69, 9.17) is 9.47 Å². The standard InChI is InChI=1S/C27H40N6O6S/c1-7-32(8-2)25-28-18-22(31-40(6,36)37)23(30-25)29-21(24(34)39-27(3,4)5)17-19-11-13-20(14-12-19)38-26(35)33-15-9-10-16-33/h11-14,18,21,31H,7-10,15-17H2,1-6H3,(H,28,29,30). The highest BCUT2D eigenvalue weighted by Crippen LogP contribution is 2.25. The molecule has 2 aromatic rings. The van der Waals surface area contributed by atoms with E-state index in [-0.39, 0.29) is 24.0 Å². The molecule has 0 aliphatic carbocycles. The number of nitrogens with zero attached hydrogens (tertiary/aromatic N) is 4. The zero-order valence-corrected chi connectivity index (χ0v) is 24.9. The molecule has 220 valence electrons. The molecule has 1 aliphatic heterocycles. The van der Waals surface area contributed by atoms with Gasteiger partial charge in [-0.25, -0.2) is 23.0 Å². The van der Waals surface area contributed by atoms with Crippen LogP contribution >= 0.6 is 0 Å². The number of ether oxygens (including phenoxy) is 2. The number of hydrogen-bond acceptors (Lipinski definition) is 10. The lowest BCUT2D eigenvalue weighted by Crippen LogP contribution is -2.38. The van der Waals surface area contributed by atoms with Gasteiger partial charge in [0.25, 0.3) is 0 Å². The van der Waals surface area contributed by atoms with Gasteiger partial charge in [0, 0.05) is 32.6 Å². The van der Waals surface area contributed by atoms with Crippen LogP contribution in [-0.2, 0) is 26.0 Å². The molecule has 12 nitrogen and oxygen atoms in total. The summed E-state index contributed by atoms with van der Waals surface area (Å²) in [5.41, 5.74) is 0.118. The number of carbonyl (C=O) groups is 2. The van der Waals surface area contributed by atoms with Gasteiger partial charge in [0.1, 0.15) is 23.1 Å². The number of hydrogen-bond donors (Lipinski definition) is 2. The lowest BCUT2D eigenvalue weighted by molar-refractivity contribution is -0.155. The van der Waals surface area contributed by atoms with Crippen molar-refractivity contribution in [1.82, 2.24) is 14.9 Å². The lowest BCUT2D eigenvalue weighted by atomic mass is 10.1. The van der Waals surface area contributed by atoms with Crippen LogP contribution in [0, 0.1) is 0 Å². The minimum absolute atomic E-state index is 0.108. The molecule has 0 bridgehead atoms. The Kier molecular flexibility index (Phi) is 10.2. The normalized spacial score (nSPS) is 14.4. The van der Waals surface area contributed by atoms with Gasteiger partial charge >= 0.3 is 12.1 Å². The van der Waals surface area contributed by atoms with E-state index < -0.39 is 27.6 Å². The van der Waals surface area contributed by atoms with Crippen LogP contribution < -0.4 is 19.7 Å². The van der Waals surface area contributed by atoms with Gasteiger partial charge in [0.15, 0.2) is 5.82 Å². The molecule has 0 radical (unpaired) electrons. The molecule has 1 unspecified atom stereocenters. The number of aromatic nitrogens is 2. The highest BCUT2D eigenvalue weighted by molar-refractivity contribution is 7.92. The zero-order valence-electron chi connectivity index (χ0n) is 24.1. The second-order valence-corrected chi connectivity index (χ2v) is 12.4. The third-order valence-electron chi connectivity index (χ3n) is 6.05. The first-order valence-corrected chi connectivity index (χ1v) is 15.3. The molecule has 40 heavy (non-hydrogen) atoms. The Morgan fingerprint density at radius 2 is 1.73 bits per heavy atom. The minimum atomic E-state index is -3.65. The number of carbonyl (C=O) groups excluding carboxylic acids is 2. The monoisotopic (exact) mass is 576 g/mol. The largest absolute Gasteiger partial charge is 0.458 e. The summed E-state index contributed by atoms with van der Waals surface area (Å²) in [6.07, 6.45) is 4.16. The quantitative estimate of drug-likeness (QED) is 0.381. The summed E-state index contributed by atoms with van der Waals surface area (Å²) in [7, 11) is -3.65. The third kappa shape index (κ3) is 9.25. The Hall–Kier alpha value is -3.61. The zero-order chi connectivity index (χ0) is 29.5. The van der Waals surface area contributed by atoms with Crippen LogP contribution in [0.3, 0.4) is 0 Å². The molecule has 1 saturated heterocycles. The van der Waals surface area contributed by atoms with Crippen molar-refractivity contribution >= 4 is 39.5 Å². The highest BCUT2D eigenvalue weighted by atomic mass is 32.2. The Morgan fingerprint density at radius 1 is 1.10 bits per heavy atom. The van der Waals surface area contributed by atoms with E-state index in [9.17, 15) is 18.0 Å². The molecular formula is C27H40N6O6S. The number of sulfonamides is 1. The maximum Gasteiger partial charge on any atom is 0.415 e. The van der Waals surface area contributed by atoms with Crippen molar-refractivity contribution in [2.45, 2.75) is 65.5 Å². The van der Waals surface area contributed by atoms with Crippen molar-refractivity contribution in [3.63, 3.8) is 0 Å². The van der Waals surface area contributed by atoms with E-state index in [1.807, 2.05) is 18.7 Å². The highest BCUT2D eigenvalue weighted by Gasteiger charge is 2.28. The third-order valence-corrected chi connectivity index (χ3v) is 6.64. The summed E-state index contributed by atoms with van der Waals surface area (Å²) in [5.74, 6) is 0.403. The predicted molar refractivity (Wildman–Crippen MR) is 154 cm³/mol. The molecule has 2 N–H and O–H groups in total. The van der Waals surface area contributed by atoms with Crippen LogP contribution in [0.5, 0.6) is 5.75 Å². The molecule has 3 rings (SSSR count). The van der Waals surface area contributed by atoms with Gasteiger partial charge in [-0.05, 0) is 65.2 Å². The molecule has 1 aromatic carbocycles. The number of likely N-dealkylation sites (tertiary alicyclic amines) is 1. The molecular weight excluding hydrogens is 536 g/mol. The van der Waals surface area contributed by atoms with Crippen LogP contribution in [0.1, 0.15) is 53.0 Å². The van der Waals surface area contributed by atoms with Gasteiger partial charge in [-0.15, -0.1) is 0 Å². The van der Waals surface area contributed by atoms with Crippen LogP contribution in [-0.4, -0.2) is 79.4 Å². The topological polar surface area (TPSA) is 143 Å². The van der Waals surface area contributed by atoms with Gasteiger partial charge in [-0.1, -0.05) is 12.1 Å². The summed E-state index contributed by atoms with van der Waals surface area (Å²) in [5, 5.41) is 3.10. The first-order valence-electron chi connectivity index (χ1n) is 13.4.